The average Bonchev–Trinajstić information content (AvgIpc) is 2.35. The van der Waals surface area contributed by atoms with Crippen LogP contribution in [-0.4, -0.2) is 27.8 Å². The van der Waals surface area contributed by atoms with Crippen LogP contribution in [0.4, 0.5) is 0 Å². The summed E-state index contributed by atoms with van der Waals surface area (Å²) >= 11 is 0. The maximum Gasteiger partial charge on any atom is 0.0249 e. The van der Waals surface area contributed by atoms with Gasteiger partial charge in [0.15, 0.2) is 0 Å². The molecule has 1 aliphatic heterocycles. The van der Waals surface area contributed by atoms with Crippen LogP contribution in [0.5, 0.6) is 0 Å². The topological polar surface area (TPSA) is 29.1 Å². The van der Waals surface area contributed by atoms with E-state index >= 15 is 0 Å². The maximum absolute atomic E-state index is 11.4. The van der Waals surface area contributed by atoms with E-state index in [9.17, 15) is 4.21 Å². The Morgan fingerprint density at radius 3 is 1.94 bits per heavy atom. The molecule has 0 atom stereocenters. The summed E-state index contributed by atoms with van der Waals surface area (Å²) in [5.41, 5.74) is 0. The molecule has 4 bridgehead atoms. The van der Waals surface area contributed by atoms with E-state index < -0.39 is 10.8 Å². The summed E-state index contributed by atoms with van der Waals surface area (Å²) in [5, 5.41) is 3.99. The molecule has 0 aromatic heterocycles. The van der Waals surface area contributed by atoms with Crippen LogP contribution in [0.15, 0.2) is 0 Å². The van der Waals surface area contributed by atoms with E-state index in [0.717, 1.165) is 54.1 Å². The van der Waals surface area contributed by atoms with Crippen LogP contribution in [0.1, 0.15) is 44.9 Å². The maximum atomic E-state index is 11.4. The van der Waals surface area contributed by atoms with Crippen LogP contribution in [-0.2, 0) is 10.8 Å². The van der Waals surface area contributed by atoms with Crippen LogP contribution >= 0.6 is 0 Å². The van der Waals surface area contributed by atoms with Crippen molar-refractivity contribution in [3.05, 3.63) is 0 Å². The first-order chi connectivity index (χ1) is 8.78. The third-order valence-corrected chi connectivity index (χ3v) is 7.42. The van der Waals surface area contributed by atoms with Crippen molar-refractivity contribution in [2.45, 2.75) is 57.0 Å². The Morgan fingerprint density at radius 2 is 1.39 bits per heavy atom. The molecule has 0 amide bonds. The standard InChI is InChI=1S/C15H25NOS/c17-18-3-1-14(2-4-18)16-15-12-6-10-5-11(8-12)9-13(15)7-10/h10-16H,1-9H2. The molecule has 2 nitrogen and oxygen atoms in total. The molecular formula is C15H25NOS. The number of hydrogen-bond donors (Lipinski definition) is 1. The average molecular weight is 267 g/mol. The van der Waals surface area contributed by atoms with Crippen LogP contribution in [0, 0.1) is 23.7 Å². The van der Waals surface area contributed by atoms with Crippen molar-refractivity contribution in [1.29, 1.82) is 0 Å². The Balaban J connectivity index is 1.41. The van der Waals surface area contributed by atoms with E-state index in [1.54, 1.807) is 6.42 Å². The van der Waals surface area contributed by atoms with Gasteiger partial charge in [-0.15, -0.1) is 0 Å². The lowest BCUT2D eigenvalue weighted by Gasteiger charge is -2.55. The quantitative estimate of drug-likeness (QED) is 0.832. The summed E-state index contributed by atoms with van der Waals surface area (Å²) in [6.07, 6.45) is 9.85. The minimum Gasteiger partial charge on any atom is -0.311 e. The van der Waals surface area contributed by atoms with Gasteiger partial charge in [0.1, 0.15) is 0 Å². The molecular weight excluding hydrogens is 242 g/mol. The Hall–Kier alpha value is 0.110. The van der Waals surface area contributed by atoms with Crippen molar-refractivity contribution >= 4 is 10.8 Å². The summed E-state index contributed by atoms with van der Waals surface area (Å²) in [7, 11) is -0.511. The zero-order valence-corrected chi connectivity index (χ0v) is 12.0. The van der Waals surface area contributed by atoms with Crippen LogP contribution in [0.3, 0.4) is 0 Å². The van der Waals surface area contributed by atoms with Crippen molar-refractivity contribution in [2.75, 3.05) is 11.5 Å². The fraction of sp³-hybridized carbons (Fsp3) is 1.00. The van der Waals surface area contributed by atoms with Gasteiger partial charge < -0.3 is 5.32 Å². The molecule has 5 rings (SSSR count). The number of rotatable bonds is 2. The molecule has 3 heteroatoms. The van der Waals surface area contributed by atoms with E-state index in [0.29, 0.717) is 6.04 Å². The van der Waals surface area contributed by atoms with Crippen molar-refractivity contribution in [3.63, 3.8) is 0 Å². The smallest absolute Gasteiger partial charge is 0.0249 e. The summed E-state index contributed by atoms with van der Waals surface area (Å²) in [6.45, 7) is 0. The van der Waals surface area contributed by atoms with E-state index in [1.807, 2.05) is 0 Å². The van der Waals surface area contributed by atoms with Crippen molar-refractivity contribution in [3.8, 4) is 0 Å². The third kappa shape index (κ3) is 2.07. The molecule has 0 aromatic carbocycles. The first kappa shape index (κ1) is 11.9. The Bertz CT molecular complexity index is 318. The second-order valence-corrected chi connectivity index (χ2v) is 8.94. The van der Waals surface area contributed by atoms with Gasteiger partial charge in [-0.1, -0.05) is 0 Å². The Labute approximate surface area is 113 Å². The van der Waals surface area contributed by atoms with Crippen molar-refractivity contribution in [1.82, 2.24) is 5.32 Å². The Kier molecular flexibility index (Phi) is 3.03. The largest absolute Gasteiger partial charge is 0.311 e. The minimum absolute atomic E-state index is 0.511. The lowest BCUT2D eigenvalue weighted by molar-refractivity contribution is -0.0180. The van der Waals surface area contributed by atoms with Crippen LogP contribution in [0.25, 0.3) is 0 Å². The van der Waals surface area contributed by atoms with E-state index in [-0.39, 0.29) is 0 Å². The predicted molar refractivity (Wildman–Crippen MR) is 74.9 cm³/mol. The van der Waals surface area contributed by atoms with Gasteiger partial charge in [0.25, 0.3) is 0 Å². The summed E-state index contributed by atoms with van der Waals surface area (Å²) in [6, 6.07) is 1.49. The van der Waals surface area contributed by atoms with Gasteiger partial charge in [0.2, 0.25) is 0 Å². The molecule has 4 aliphatic carbocycles. The second-order valence-electron chi connectivity index (χ2n) is 7.25. The second kappa shape index (κ2) is 4.59. The molecule has 0 unspecified atom stereocenters. The summed E-state index contributed by atoms with van der Waals surface area (Å²) in [4.78, 5) is 0. The molecule has 102 valence electrons. The van der Waals surface area contributed by atoms with E-state index in [4.69, 9.17) is 0 Å². The molecule has 0 radical (unpaired) electrons. The van der Waals surface area contributed by atoms with Gasteiger partial charge in [-0.05, 0) is 68.6 Å². The minimum atomic E-state index is -0.511. The zero-order chi connectivity index (χ0) is 12.1. The first-order valence-electron chi connectivity index (χ1n) is 7.89. The van der Waals surface area contributed by atoms with Gasteiger partial charge in [-0.25, -0.2) is 0 Å². The van der Waals surface area contributed by atoms with Gasteiger partial charge in [-0.2, -0.15) is 0 Å². The fourth-order valence-corrected chi connectivity index (χ4v) is 6.73. The fourth-order valence-electron chi connectivity index (χ4n) is 5.43. The third-order valence-electron chi connectivity index (χ3n) is 6.04. The number of nitrogens with one attached hydrogen (secondary N) is 1. The number of hydrogen-bond acceptors (Lipinski definition) is 2. The van der Waals surface area contributed by atoms with Crippen molar-refractivity contribution < 1.29 is 4.21 Å². The van der Waals surface area contributed by atoms with Crippen molar-refractivity contribution in [2.24, 2.45) is 23.7 Å². The monoisotopic (exact) mass is 267 g/mol. The predicted octanol–water partition coefficient (Wildman–Crippen LogP) is 2.31. The van der Waals surface area contributed by atoms with Gasteiger partial charge in [0.05, 0.1) is 0 Å². The molecule has 5 aliphatic rings. The highest BCUT2D eigenvalue weighted by molar-refractivity contribution is 7.85. The molecule has 18 heavy (non-hydrogen) atoms. The highest BCUT2D eigenvalue weighted by atomic mass is 32.2. The highest BCUT2D eigenvalue weighted by Gasteiger charge is 2.48. The zero-order valence-electron chi connectivity index (χ0n) is 11.1. The molecule has 0 spiro atoms. The lowest BCUT2D eigenvalue weighted by atomic mass is 9.54. The highest BCUT2D eigenvalue weighted by Crippen LogP contribution is 2.53. The summed E-state index contributed by atoms with van der Waals surface area (Å²) in [5.74, 6) is 5.98. The molecule has 4 saturated carbocycles. The Morgan fingerprint density at radius 1 is 0.833 bits per heavy atom. The van der Waals surface area contributed by atoms with Gasteiger partial charge in [0, 0.05) is 34.4 Å². The molecule has 0 aromatic rings. The van der Waals surface area contributed by atoms with E-state index in [2.05, 4.69) is 5.32 Å². The van der Waals surface area contributed by atoms with Gasteiger partial charge in [-0.3, -0.25) is 4.21 Å². The molecule has 5 fully saturated rings. The summed E-state index contributed by atoms with van der Waals surface area (Å²) < 4.78 is 11.4. The molecule has 1 saturated heterocycles. The molecule has 1 heterocycles. The van der Waals surface area contributed by atoms with Crippen LogP contribution < -0.4 is 5.32 Å². The van der Waals surface area contributed by atoms with Crippen LogP contribution in [0.2, 0.25) is 0 Å². The first-order valence-corrected chi connectivity index (χ1v) is 9.38. The van der Waals surface area contributed by atoms with Gasteiger partial charge >= 0.3 is 0 Å². The SMILES string of the molecule is O=S1CCC(NC2C3CC4CC(C3)CC2C4)CC1. The lowest BCUT2D eigenvalue weighted by Crippen LogP contribution is -2.57. The molecule has 1 N–H and O–H groups in total. The van der Waals surface area contributed by atoms with E-state index in [1.165, 1.54) is 25.7 Å². The normalized spacial score (nSPS) is 54.8.